The number of likely N-dealkylation sites (N-methyl/N-ethyl adjacent to an activating group) is 1. The minimum Gasteiger partial charge on any atom is -0.387 e. The first-order chi connectivity index (χ1) is 35.0. The average Bonchev–Trinajstić information content (AvgIpc) is 3.34. The minimum absolute atomic E-state index is 0.0528. The van der Waals surface area contributed by atoms with Crippen LogP contribution < -0.4 is 5.32 Å². The van der Waals surface area contributed by atoms with E-state index in [2.05, 4.69) is 67.8 Å². The van der Waals surface area contributed by atoms with Crippen LogP contribution in [0.3, 0.4) is 0 Å². The Labute approximate surface area is 447 Å². The van der Waals surface area contributed by atoms with E-state index in [1.54, 1.807) is 6.08 Å². The smallest absolute Gasteiger partial charge is 0.387 e. The van der Waals surface area contributed by atoms with Crippen molar-refractivity contribution in [2.75, 3.05) is 40.9 Å². The Kier molecular flexibility index (Phi) is 52.7. The molecule has 0 aromatic heterocycles. The molecule has 8 nitrogen and oxygen atoms in total. The maximum Gasteiger partial charge on any atom is 0.472 e. The number of carbonyl (C=O) groups is 1. The molecule has 0 fully saturated rings. The van der Waals surface area contributed by atoms with Crippen molar-refractivity contribution in [1.29, 1.82) is 0 Å². The molecule has 72 heavy (non-hydrogen) atoms. The second-order valence-electron chi connectivity index (χ2n) is 22.1. The summed E-state index contributed by atoms with van der Waals surface area (Å²) in [4.78, 5) is 23.3. The van der Waals surface area contributed by atoms with Crippen molar-refractivity contribution in [2.45, 2.75) is 296 Å². The largest absolute Gasteiger partial charge is 0.472 e. The lowest BCUT2D eigenvalue weighted by Gasteiger charge is -2.25. The third-order valence-electron chi connectivity index (χ3n) is 13.7. The highest BCUT2D eigenvalue weighted by molar-refractivity contribution is 7.47. The van der Waals surface area contributed by atoms with Crippen molar-refractivity contribution in [3.05, 3.63) is 60.8 Å². The molecule has 0 aliphatic heterocycles. The van der Waals surface area contributed by atoms with E-state index in [4.69, 9.17) is 9.05 Å². The first kappa shape index (κ1) is 70.2. The third-order valence-corrected chi connectivity index (χ3v) is 14.7. The number of phosphoric acid groups is 1. The van der Waals surface area contributed by atoms with Gasteiger partial charge in [0.25, 0.3) is 0 Å². The van der Waals surface area contributed by atoms with Gasteiger partial charge < -0.3 is 19.8 Å². The van der Waals surface area contributed by atoms with E-state index in [-0.39, 0.29) is 19.1 Å². The normalized spacial score (nSPS) is 14.3. The van der Waals surface area contributed by atoms with Crippen molar-refractivity contribution in [2.24, 2.45) is 0 Å². The topological polar surface area (TPSA) is 105 Å². The second kappa shape index (κ2) is 54.0. The fourth-order valence-electron chi connectivity index (χ4n) is 8.89. The fourth-order valence-corrected chi connectivity index (χ4v) is 9.63. The molecular weight excluding hydrogens is 912 g/mol. The van der Waals surface area contributed by atoms with E-state index < -0.39 is 20.0 Å². The average molecular weight is 1030 g/mol. The monoisotopic (exact) mass is 1030 g/mol. The summed E-state index contributed by atoms with van der Waals surface area (Å²) < 4.78 is 23.7. The van der Waals surface area contributed by atoms with Gasteiger partial charge in [-0.05, 0) is 70.6 Å². The summed E-state index contributed by atoms with van der Waals surface area (Å²) in [5, 5.41) is 13.9. The number of quaternary nitrogens is 1. The van der Waals surface area contributed by atoms with Crippen molar-refractivity contribution in [3.8, 4) is 0 Å². The van der Waals surface area contributed by atoms with Crippen LogP contribution >= 0.6 is 7.82 Å². The SMILES string of the molecule is CCCCCCC/C=C\C/C=C\C/C=C\CCCCCCCCCCC(=O)NC(COP(=O)(O)OCC[N+](C)(C)C)C(O)/C=C/CC/C=C/CCCCCCCCCCCCCCCCCCCCCCC. The number of aliphatic hydroxyl groups excluding tert-OH is 1. The van der Waals surface area contributed by atoms with Crippen LogP contribution in [0.25, 0.3) is 0 Å². The summed E-state index contributed by atoms with van der Waals surface area (Å²) in [7, 11) is 1.55. The number of unbranched alkanes of at least 4 members (excludes halogenated alkanes) is 35. The molecular formula is C63H120N2O6P+. The Hall–Kier alpha value is -1.80. The predicted octanol–water partition coefficient (Wildman–Crippen LogP) is 18.9. The Morgan fingerprint density at radius 3 is 1.21 bits per heavy atom. The first-order valence-corrected chi connectivity index (χ1v) is 32.2. The van der Waals surface area contributed by atoms with Crippen LogP contribution in [0.4, 0.5) is 0 Å². The maximum atomic E-state index is 13.0. The molecule has 0 aliphatic carbocycles. The van der Waals surface area contributed by atoms with E-state index in [9.17, 15) is 19.4 Å². The number of amides is 1. The second-order valence-corrected chi connectivity index (χ2v) is 23.5. The number of allylic oxidation sites excluding steroid dienone is 9. The van der Waals surface area contributed by atoms with Gasteiger partial charge in [0.05, 0.1) is 39.9 Å². The highest BCUT2D eigenvalue weighted by Gasteiger charge is 2.27. The number of nitrogens with one attached hydrogen (secondary N) is 1. The molecule has 0 aromatic carbocycles. The number of phosphoric ester groups is 1. The minimum atomic E-state index is -4.36. The van der Waals surface area contributed by atoms with Crippen LogP contribution in [0.1, 0.15) is 284 Å². The third kappa shape index (κ3) is 55.9. The quantitative estimate of drug-likeness (QED) is 0.0243. The van der Waals surface area contributed by atoms with Crippen LogP contribution in [0.2, 0.25) is 0 Å². The zero-order valence-corrected chi connectivity index (χ0v) is 49.1. The Morgan fingerprint density at radius 1 is 0.472 bits per heavy atom. The van der Waals surface area contributed by atoms with Crippen molar-refractivity contribution in [1.82, 2.24) is 5.32 Å². The van der Waals surface area contributed by atoms with Crippen molar-refractivity contribution in [3.63, 3.8) is 0 Å². The molecule has 3 N–H and O–H groups in total. The van der Waals surface area contributed by atoms with Gasteiger partial charge in [-0.1, -0.05) is 267 Å². The van der Waals surface area contributed by atoms with Crippen LogP contribution in [-0.2, 0) is 18.4 Å². The number of rotatable bonds is 56. The molecule has 1 amide bonds. The summed E-state index contributed by atoms with van der Waals surface area (Å²) in [5.74, 6) is -0.193. The van der Waals surface area contributed by atoms with Gasteiger partial charge in [0.1, 0.15) is 13.2 Å². The highest BCUT2D eigenvalue weighted by atomic mass is 31.2. The lowest BCUT2D eigenvalue weighted by atomic mass is 10.0. The van der Waals surface area contributed by atoms with Gasteiger partial charge in [-0.3, -0.25) is 13.8 Å². The molecule has 422 valence electrons. The predicted molar refractivity (Wildman–Crippen MR) is 314 cm³/mol. The van der Waals surface area contributed by atoms with E-state index >= 15 is 0 Å². The summed E-state index contributed by atoms with van der Waals surface area (Å²) >= 11 is 0. The van der Waals surface area contributed by atoms with Crippen molar-refractivity contribution < 1.29 is 32.9 Å². The van der Waals surface area contributed by atoms with Crippen LogP contribution in [-0.4, -0.2) is 73.4 Å². The van der Waals surface area contributed by atoms with Crippen LogP contribution in [0.15, 0.2) is 60.8 Å². The number of aliphatic hydroxyl groups is 1. The molecule has 0 aliphatic rings. The van der Waals surface area contributed by atoms with Gasteiger partial charge in [0.15, 0.2) is 0 Å². The van der Waals surface area contributed by atoms with E-state index in [1.807, 2.05) is 27.2 Å². The molecule has 0 spiro atoms. The number of hydrogen-bond acceptors (Lipinski definition) is 5. The Balaban J connectivity index is 4.24. The highest BCUT2D eigenvalue weighted by Crippen LogP contribution is 2.43. The summed E-state index contributed by atoms with van der Waals surface area (Å²) in [6.45, 7) is 4.80. The molecule has 0 bridgehead atoms. The van der Waals surface area contributed by atoms with Crippen molar-refractivity contribution >= 4 is 13.7 Å². The first-order valence-electron chi connectivity index (χ1n) is 30.7. The standard InChI is InChI=1S/C63H119N2O6P/c1-6-8-10-12-14-16-18-20-22-24-26-28-30-31-32-33-35-36-38-40-42-44-46-48-50-52-54-56-62(66)61(60-71-72(68,69)70-59-58-65(3,4)5)64-63(67)57-55-53-51-49-47-45-43-41-39-37-34-29-27-25-23-21-19-17-15-13-11-9-7-2/h19,21,25,27,34,37,46,48,54,56,61-62,66H,6-18,20,22-24,26,28-33,35-36,38-45,47,49-53,55,57-60H2,1-5H3,(H-,64,67,68,69)/p+1/b21-19-,27-25-,37-34-,48-46+,56-54+. The lowest BCUT2D eigenvalue weighted by molar-refractivity contribution is -0.870. The molecule has 0 saturated carbocycles. The molecule has 0 radical (unpaired) electrons. The fraction of sp³-hybridized carbons (Fsp3) is 0.825. The van der Waals surface area contributed by atoms with Gasteiger partial charge in [-0.25, -0.2) is 4.57 Å². The lowest BCUT2D eigenvalue weighted by Crippen LogP contribution is -2.45. The van der Waals surface area contributed by atoms with Gasteiger partial charge >= 0.3 is 7.82 Å². The van der Waals surface area contributed by atoms with E-state index in [1.165, 1.54) is 205 Å². The van der Waals surface area contributed by atoms with Crippen LogP contribution in [0.5, 0.6) is 0 Å². The zero-order chi connectivity index (χ0) is 52.7. The summed E-state index contributed by atoms with van der Waals surface area (Å²) in [6, 6.07) is -0.871. The summed E-state index contributed by atoms with van der Waals surface area (Å²) in [5.41, 5.74) is 0. The Morgan fingerprint density at radius 2 is 0.806 bits per heavy atom. The van der Waals surface area contributed by atoms with E-state index in [0.717, 1.165) is 57.8 Å². The maximum absolute atomic E-state index is 13.0. The number of nitrogens with zero attached hydrogens (tertiary/aromatic N) is 1. The van der Waals surface area contributed by atoms with E-state index in [0.29, 0.717) is 17.4 Å². The van der Waals surface area contributed by atoms with Gasteiger partial charge in [-0.2, -0.15) is 0 Å². The summed E-state index contributed by atoms with van der Waals surface area (Å²) in [6.07, 6.45) is 73.4. The number of hydrogen-bond donors (Lipinski definition) is 3. The molecule has 3 unspecified atom stereocenters. The molecule has 3 atom stereocenters. The molecule has 0 rings (SSSR count). The molecule has 0 aromatic rings. The van der Waals surface area contributed by atoms with Gasteiger partial charge in [0.2, 0.25) is 5.91 Å². The zero-order valence-electron chi connectivity index (χ0n) is 48.2. The van der Waals surface area contributed by atoms with Crippen LogP contribution in [0, 0.1) is 0 Å². The molecule has 9 heteroatoms. The molecule has 0 heterocycles. The molecule has 0 saturated heterocycles. The van der Waals surface area contributed by atoms with Gasteiger partial charge in [-0.15, -0.1) is 0 Å². The Bertz CT molecular complexity index is 1360. The number of carbonyl (C=O) groups excluding carboxylic acids is 1. The van der Waals surface area contributed by atoms with Gasteiger partial charge in [0, 0.05) is 6.42 Å².